The van der Waals surface area contributed by atoms with Gasteiger partial charge in [-0.1, -0.05) is 24.6 Å². The average molecular weight is 263 g/mol. The van der Waals surface area contributed by atoms with Crippen molar-refractivity contribution in [3.63, 3.8) is 0 Å². The molecule has 0 aliphatic rings. The summed E-state index contributed by atoms with van der Waals surface area (Å²) < 4.78 is 4.68. The molecule has 0 aliphatic carbocycles. The molecular formula is C15H21NO3. The second-order valence-corrected chi connectivity index (χ2v) is 4.63. The second-order valence-electron chi connectivity index (χ2n) is 4.63. The first-order chi connectivity index (χ1) is 8.99. The predicted octanol–water partition coefficient (Wildman–Crippen LogP) is 2.27. The van der Waals surface area contributed by atoms with Crippen LogP contribution < -0.4 is 0 Å². The molecule has 4 nitrogen and oxygen atoms in total. The molecule has 19 heavy (non-hydrogen) atoms. The highest BCUT2D eigenvalue weighted by Crippen LogP contribution is 2.10. The van der Waals surface area contributed by atoms with E-state index < -0.39 is 0 Å². The maximum atomic E-state index is 12.3. The van der Waals surface area contributed by atoms with E-state index in [1.807, 2.05) is 38.1 Å². The fourth-order valence-electron chi connectivity index (χ4n) is 1.84. The minimum Gasteiger partial charge on any atom is -0.469 e. The smallest absolute Gasteiger partial charge is 0.310 e. The zero-order valence-electron chi connectivity index (χ0n) is 12.0. The third kappa shape index (κ3) is 4.09. The fourth-order valence-corrected chi connectivity index (χ4v) is 1.84. The number of esters is 1. The van der Waals surface area contributed by atoms with Crippen LogP contribution in [-0.4, -0.2) is 37.0 Å². The number of hydrogen-bond donors (Lipinski definition) is 0. The summed E-state index contributed by atoms with van der Waals surface area (Å²) in [7, 11) is 1.36. The number of carbonyl (C=O) groups excluding carboxylic acids is 2. The second kappa shape index (κ2) is 6.92. The van der Waals surface area contributed by atoms with Crippen LogP contribution in [0, 0.1) is 12.8 Å². The standard InChI is InChI=1S/C15H21NO3/c1-5-16(10-12(3)15(18)19-4)14(17)13-8-6-11(2)7-9-13/h6-9,12H,5,10H2,1-4H3. The quantitative estimate of drug-likeness (QED) is 0.766. The molecule has 0 heterocycles. The van der Waals surface area contributed by atoms with Crippen molar-refractivity contribution in [1.29, 1.82) is 0 Å². The molecule has 0 aliphatic heterocycles. The van der Waals surface area contributed by atoms with Crippen molar-refractivity contribution in [1.82, 2.24) is 4.90 Å². The number of aryl methyl sites for hydroxylation is 1. The van der Waals surface area contributed by atoms with E-state index in [-0.39, 0.29) is 17.8 Å². The van der Waals surface area contributed by atoms with Gasteiger partial charge in [-0.25, -0.2) is 0 Å². The van der Waals surface area contributed by atoms with Gasteiger partial charge in [-0.15, -0.1) is 0 Å². The van der Waals surface area contributed by atoms with Crippen molar-refractivity contribution >= 4 is 11.9 Å². The average Bonchev–Trinajstić information content (AvgIpc) is 2.43. The third-order valence-corrected chi connectivity index (χ3v) is 3.07. The topological polar surface area (TPSA) is 46.6 Å². The lowest BCUT2D eigenvalue weighted by Gasteiger charge is -2.23. The molecule has 0 radical (unpaired) electrons. The van der Waals surface area contributed by atoms with Gasteiger partial charge in [0.15, 0.2) is 0 Å². The Bertz CT molecular complexity index is 439. The van der Waals surface area contributed by atoms with E-state index in [2.05, 4.69) is 4.74 Å². The highest BCUT2D eigenvalue weighted by atomic mass is 16.5. The first-order valence-corrected chi connectivity index (χ1v) is 6.43. The van der Waals surface area contributed by atoms with Crippen LogP contribution in [-0.2, 0) is 9.53 Å². The SMILES string of the molecule is CCN(CC(C)C(=O)OC)C(=O)c1ccc(C)cc1. The molecule has 0 bridgehead atoms. The molecule has 1 unspecified atom stereocenters. The van der Waals surface area contributed by atoms with E-state index in [0.29, 0.717) is 18.7 Å². The number of ether oxygens (including phenoxy) is 1. The molecule has 1 atom stereocenters. The lowest BCUT2D eigenvalue weighted by Crippen LogP contribution is -2.37. The van der Waals surface area contributed by atoms with Gasteiger partial charge in [0.2, 0.25) is 0 Å². The number of hydrogen-bond acceptors (Lipinski definition) is 3. The number of amides is 1. The van der Waals surface area contributed by atoms with Crippen LogP contribution in [0.3, 0.4) is 0 Å². The summed E-state index contributed by atoms with van der Waals surface area (Å²) in [5, 5.41) is 0. The Kier molecular flexibility index (Phi) is 5.55. The van der Waals surface area contributed by atoms with Crippen molar-refractivity contribution in [2.45, 2.75) is 20.8 Å². The molecule has 0 saturated heterocycles. The van der Waals surface area contributed by atoms with Crippen LogP contribution in [0.1, 0.15) is 29.8 Å². The summed E-state index contributed by atoms with van der Waals surface area (Å²) in [6.07, 6.45) is 0. The van der Waals surface area contributed by atoms with E-state index >= 15 is 0 Å². The maximum Gasteiger partial charge on any atom is 0.310 e. The monoisotopic (exact) mass is 263 g/mol. The predicted molar refractivity (Wildman–Crippen MR) is 73.9 cm³/mol. The summed E-state index contributed by atoms with van der Waals surface area (Å²) in [4.78, 5) is 25.4. The highest BCUT2D eigenvalue weighted by molar-refractivity contribution is 5.94. The Balaban J connectivity index is 2.77. The summed E-state index contributed by atoms with van der Waals surface area (Å²) in [5.74, 6) is -0.673. The van der Waals surface area contributed by atoms with Gasteiger partial charge in [0.05, 0.1) is 13.0 Å². The van der Waals surface area contributed by atoms with Crippen LogP contribution in [0.2, 0.25) is 0 Å². The van der Waals surface area contributed by atoms with Gasteiger partial charge in [0.1, 0.15) is 0 Å². The van der Waals surface area contributed by atoms with E-state index in [0.717, 1.165) is 5.56 Å². The first-order valence-electron chi connectivity index (χ1n) is 6.43. The number of methoxy groups -OCH3 is 1. The normalized spacial score (nSPS) is 11.8. The van der Waals surface area contributed by atoms with Gasteiger partial charge in [0.25, 0.3) is 5.91 Å². The molecule has 1 rings (SSSR count). The van der Waals surface area contributed by atoms with Crippen molar-refractivity contribution < 1.29 is 14.3 Å². The van der Waals surface area contributed by atoms with Gasteiger partial charge in [-0.3, -0.25) is 9.59 Å². The molecule has 0 aromatic heterocycles. The van der Waals surface area contributed by atoms with Gasteiger partial charge in [-0.05, 0) is 26.0 Å². The zero-order chi connectivity index (χ0) is 14.4. The van der Waals surface area contributed by atoms with Crippen LogP contribution in [0.15, 0.2) is 24.3 Å². The summed E-state index contributed by atoms with van der Waals surface area (Å²) in [6, 6.07) is 7.43. The van der Waals surface area contributed by atoms with Gasteiger partial charge >= 0.3 is 5.97 Å². The molecule has 4 heteroatoms. The van der Waals surface area contributed by atoms with Crippen molar-refractivity contribution in [3.05, 3.63) is 35.4 Å². The Morgan fingerprint density at radius 1 is 1.26 bits per heavy atom. The summed E-state index contributed by atoms with van der Waals surface area (Å²) >= 11 is 0. The Morgan fingerprint density at radius 2 is 1.84 bits per heavy atom. The lowest BCUT2D eigenvalue weighted by molar-refractivity contribution is -0.145. The van der Waals surface area contributed by atoms with Crippen molar-refractivity contribution in [3.8, 4) is 0 Å². The highest BCUT2D eigenvalue weighted by Gasteiger charge is 2.21. The maximum absolute atomic E-state index is 12.3. The Hall–Kier alpha value is -1.84. The van der Waals surface area contributed by atoms with Crippen LogP contribution in [0.5, 0.6) is 0 Å². The number of rotatable bonds is 5. The van der Waals surface area contributed by atoms with E-state index in [9.17, 15) is 9.59 Å². The van der Waals surface area contributed by atoms with Gasteiger partial charge in [0, 0.05) is 18.7 Å². The molecule has 1 aromatic rings. The molecule has 0 spiro atoms. The van der Waals surface area contributed by atoms with E-state index in [4.69, 9.17) is 0 Å². The molecule has 0 saturated carbocycles. The molecule has 0 fully saturated rings. The third-order valence-electron chi connectivity index (χ3n) is 3.07. The van der Waals surface area contributed by atoms with Gasteiger partial charge < -0.3 is 9.64 Å². The minimum absolute atomic E-state index is 0.0572. The minimum atomic E-state index is -0.320. The van der Waals surface area contributed by atoms with Crippen molar-refractivity contribution in [2.75, 3.05) is 20.2 Å². The molecule has 104 valence electrons. The van der Waals surface area contributed by atoms with Crippen LogP contribution in [0.25, 0.3) is 0 Å². The first kappa shape index (κ1) is 15.2. The van der Waals surface area contributed by atoms with E-state index in [1.54, 1.807) is 11.8 Å². The number of benzene rings is 1. The molecular weight excluding hydrogens is 242 g/mol. The fraction of sp³-hybridized carbons (Fsp3) is 0.467. The largest absolute Gasteiger partial charge is 0.469 e. The molecule has 1 amide bonds. The Labute approximate surface area is 114 Å². The number of nitrogens with zero attached hydrogens (tertiary/aromatic N) is 1. The zero-order valence-corrected chi connectivity index (χ0v) is 12.0. The Morgan fingerprint density at radius 3 is 2.32 bits per heavy atom. The number of carbonyl (C=O) groups is 2. The molecule has 0 N–H and O–H groups in total. The van der Waals surface area contributed by atoms with Crippen molar-refractivity contribution in [2.24, 2.45) is 5.92 Å². The lowest BCUT2D eigenvalue weighted by atomic mass is 10.1. The van der Waals surface area contributed by atoms with Crippen LogP contribution >= 0.6 is 0 Å². The summed E-state index contributed by atoms with van der Waals surface area (Å²) in [5.41, 5.74) is 1.76. The van der Waals surface area contributed by atoms with E-state index in [1.165, 1.54) is 7.11 Å². The summed E-state index contributed by atoms with van der Waals surface area (Å²) in [6.45, 7) is 6.57. The molecule has 1 aromatic carbocycles. The van der Waals surface area contributed by atoms with Crippen LogP contribution in [0.4, 0.5) is 0 Å². The van der Waals surface area contributed by atoms with Gasteiger partial charge in [-0.2, -0.15) is 0 Å².